The van der Waals surface area contributed by atoms with Gasteiger partial charge in [0.15, 0.2) is 0 Å². The number of amides is 2. The second kappa shape index (κ2) is 14.4. The Morgan fingerprint density at radius 3 is 2.48 bits per heavy atom. The number of aldehydes is 1. The summed E-state index contributed by atoms with van der Waals surface area (Å²) in [5.74, 6) is -0.0791. The van der Waals surface area contributed by atoms with Crippen molar-refractivity contribution in [3.8, 4) is 0 Å². The molecule has 0 aliphatic carbocycles. The molecule has 4 N–H and O–H groups in total. The minimum absolute atomic E-state index is 0.0660. The van der Waals surface area contributed by atoms with Gasteiger partial charge in [0.2, 0.25) is 11.8 Å². The third kappa shape index (κ3) is 12.1. The highest BCUT2D eigenvalue weighted by molar-refractivity contribution is 5.87. The highest BCUT2D eigenvalue weighted by atomic mass is 16.2. The lowest BCUT2D eigenvalue weighted by molar-refractivity contribution is -0.129. The minimum atomic E-state index is -0.566. The predicted molar refractivity (Wildman–Crippen MR) is 100 cm³/mol. The molecule has 0 saturated heterocycles. The SMILES string of the molecule is CCCCC(CC(C)C)C(=O)NCC(=O)NC(C=O)CCCN=CN. The van der Waals surface area contributed by atoms with Gasteiger partial charge in [0.1, 0.15) is 6.29 Å². The predicted octanol–water partition coefficient (Wildman–Crippen LogP) is 1.41. The molecule has 2 amide bonds. The topological polar surface area (TPSA) is 114 Å². The van der Waals surface area contributed by atoms with E-state index >= 15 is 0 Å². The van der Waals surface area contributed by atoms with Gasteiger partial charge in [0.25, 0.3) is 0 Å². The molecule has 0 aromatic carbocycles. The molecule has 0 aromatic heterocycles. The molecular formula is C18H34N4O3. The number of carbonyl (C=O) groups is 3. The van der Waals surface area contributed by atoms with E-state index < -0.39 is 6.04 Å². The third-order valence-electron chi connectivity index (χ3n) is 3.87. The van der Waals surface area contributed by atoms with Crippen LogP contribution in [0.4, 0.5) is 0 Å². The maximum Gasteiger partial charge on any atom is 0.239 e. The Hall–Kier alpha value is -1.92. The van der Waals surface area contributed by atoms with Crippen LogP contribution in [0.2, 0.25) is 0 Å². The summed E-state index contributed by atoms with van der Waals surface area (Å²) in [5.41, 5.74) is 5.14. The zero-order valence-corrected chi connectivity index (χ0v) is 15.8. The summed E-state index contributed by atoms with van der Waals surface area (Å²) in [7, 11) is 0. The quantitative estimate of drug-likeness (QED) is 0.189. The van der Waals surface area contributed by atoms with Crippen LogP contribution in [0.25, 0.3) is 0 Å². The standard InChI is InChI=1S/C18H34N4O3/c1-4-5-7-15(10-14(2)3)18(25)21-11-17(24)22-16(12-23)8-6-9-20-13-19/h12-16H,4-11H2,1-3H3,(H2,19,20)(H,21,25)(H,22,24). The van der Waals surface area contributed by atoms with Gasteiger partial charge in [-0.05, 0) is 31.6 Å². The van der Waals surface area contributed by atoms with Crippen molar-refractivity contribution in [1.29, 1.82) is 0 Å². The van der Waals surface area contributed by atoms with Crippen LogP contribution in [0.5, 0.6) is 0 Å². The minimum Gasteiger partial charge on any atom is -0.390 e. The average molecular weight is 354 g/mol. The molecule has 0 spiro atoms. The fourth-order valence-corrected chi connectivity index (χ4v) is 2.60. The number of nitrogens with zero attached hydrogens (tertiary/aromatic N) is 1. The van der Waals surface area contributed by atoms with Crippen molar-refractivity contribution >= 4 is 24.4 Å². The molecule has 0 aliphatic rings. The van der Waals surface area contributed by atoms with E-state index in [-0.39, 0.29) is 24.3 Å². The van der Waals surface area contributed by atoms with Crippen LogP contribution in [-0.2, 0) is 14.4 Å². The van der Waals surface area contributed by atoms with E-state index in [0.29, 0.717) is 31.6 Å². The smallest absolute Gasteiger partial charge is 0.239 e. The van der Waals surface area contributed by atoms with Gasteiger partial charge in [0.05, 0.1) is 18.9 Å². The van der Waals surface area contributed by atoms with Crippen molar-refractivity contribution in [2.24, 2.45) is 22.6 Å². The van der Waals surface area contributed by atoms with Gasteiger partial charge in [-0.25, -0.2) is 0 Å². The molecule has 7 heteroatoms. The lowest BCUT2D eigenvalue weighted by atomic mass is 9.91. The van der Waals surface area contributed by atoms with Gasteiger partial charge in [-0.15, -0.1) is 0 Å². The molecule has 0 aromatic rings. The van der Waals surface area contributed by atoms with Crippen LogP contribution in [0.3, 0.4) is 0 Å². The van der Waals surface area contributed by atoms with Crippen LogP contribution in [0, 0.1) is 11.8 Å². The van der Waals surface area contributed by atoms with E-state index in [9.17, 15) is 14.4 Å². The summed E-state index contributed by atoms with van der Waals surface area (Å²) in [6.07, 6.45) is 6.75. The number of nitrogens with two attached hydrogens (primary N) is 1. The molecule has 0 fully saturated rings. The molecule has 2 unspecified atom stereocenters. The van der Waals surface area contributed by atoms with Gasteiger partial charge in [0, 0.05) is 12.5 Å². The first-order valence-corrected chi connectivity index (χ1v) is 9.16. The molecule has 7 nitrogen and oxygen atoms in total. The Kier molecular flexibility index (Phi) is 13.3. The van der Waals surface area contributed by atoms with E-state index in [1.54, 1.807) is 0 Å². The first-order valence-electron chi connectivity index (χ1n) is 9.16. The number of carbonyl (C=O) groups excluding carboxylic acids is 3. The van der Waals surface area contributed by atoms with E-state index in [0.717, 1.165) is 25.7 Å². The van der Waals surface area contributed by atoms with Gasteiger partial charge < -0.3 is 21.2 Å². The fourth-order valence-electron chi connectivity index (χ4n) is 2.60. The summed E-state index contributed by atoms with van der Waals surface area (Å²) < 4.78 is 0. The maximum absolute atomic E-state index is 12.3. The van der Waals surface area contributed by atoms with Crippen molar-refractivity contribution in [2.75, 3.05) is 13.1 Å². The first kappa shape index (κ1) is 23.1. The van der Waals surface area contributed by atoms with E-state index in [1.165, 1.54) is 6.34 Å². The number of hydrogen-bond donors (Lipinski definition) is 3. The zero-order chi connectivity index (χ0) is 19.1. The number of nitrogens with one attached hydrogen (secondary N) is 2. The highest BCUT2D eigenvalue weighted by Gasteiger charge is 2.20. The van der Waals surface area contributed by atoms with Crippen molar-refractivity contribution in [2.45, 2.75) is 65.3 Å². The molecule has 0 aliphatic heterocycles. The summed E-state index contributed by atoms with van der Waals surface area (Å²) in [5, 5.41) is 5.31. The van der Waals surface area contributed by atoms with Gasteiger partial charge >= 0.3 is 0 Å². The normalized spacial score (nSPS) is 13.6. The Morgan fingerprint density at radius 1 is 1.20 bits per heavy atom. The second-order valence-electron chi connectivity index (χ2n) is 6.69. The van der Waals surface area contributed by atoms with Crippen LogP contribution in [0.1, 0.15) is 59.3 Å². The largest absolute Gasteiger partial charge is 0.390 e. The first-order chi connectivity index (χ1) is 11.9. The van der Waals surface area contributed by atoms with Crippen LogP contribution in [0.15, 0.2) is 4.99 Å². The molecule has 0 radical (unpaired) electrons. The fraction of sp³-hybridized carbons (Fsp3) is 0.778. The maximum atomic E-state index is 12.3. The van der Waals surface area contributed by atoms with Crippen molar-refractivity contribution in [1.82, 2.24) is 10.6 Å². The highest BCUT2D eigenvalue weighted by Crippen LogP contribution is 2.18. The lowest BCUT2D eigenvalue weighted by Gasteiger charge is -2.19. The molecule has 0 saturated carbocycles. The molecule has 144 valence electrons. The van der Waals surface area contributed by atoms with E-state index in [1.807, 2.05) is 0 Å². The van der Waals surface area contributed by atoms with Crippen LogP contribution >= 0.6 is 0 Å². The Balaban J connectivity index is 4.29. The number of hydrogen-bond acceptors (Lipinski definition) is 4. The van der Waals surface area contributed by atoms with E-state index in [2.05, 4.69) is 36.4 Å². The zero-order valence-electron chi connectivity index (χ0n) is 15.8. The summed E-state index contributed by atoms with van der Waals surface area (Å²) in [4.78, 5) is 39.1. The van der Waals surface area contributed by atoms with Crippen LogP contribution in [-0.4, -0.2) is 43.6 Å². The van der Waals surface area contributed by atoms with Crippen LogP contribution < -0.4 is 16.4 Å². The van der Waals surface area contributed by atoms with Crippen molar-refractivity contribution < 1.29 is 14.4 Å². The molecule has 25 heavy (non-hydrogen) atoms. The number of rotatable bonds is 14. The van der Waals surface area contributed by atoms with Crippen molar-refractivity contribution in [3.05, 3.63) is 0 Å². The molecule has 0 bridgehead atoms. The number of aliphatic imine (C=N–C) groups is 1. The summed E-state index contributed by atoms with van der Waals surface area (Å²) in [6, 6.07) is -0.566. The van der Waals surface area contributed by atoms with Gasteiger partial charge in [-0.3, -0.25) is 14.6 Å². The Morgan fingerprint density at radius 2 is 1.92 bits per heavy atom. The van der Waals surface area contributed by atoms with Gasteiger partial charge in [-0.1, -0.05) is 33.6 Å². The molecular weight excluding hydrogens is 320 g/mol. The van der Waals surface area contributed by atoms with Gasteiger partial charge in [-0.2, -0.15) is 0 Å². The molecule has 0 heterocycles. The molecule has 0 rings (SSSR count). The Bertz CT molecular complexity index is 425. The average Bonchev–Trinajstić information content (AvgIpc) is 2.58. The molecule has 2 atom stereocenters. The summed E-state index contributed by atoms with van der Waals surface area (Å²) in [6.45, 7) is 6.67. The second-order valence-corrected chi connectivity index (χ2v) is 6.69. The van der Waals surface area contributed by atoms with Crippen molar-refractivity contribution in [3.63, 3.8) is 0 Å². The lowest BCUT2D eigenvalue weighted by Crippen LogP contribution is -2.44. The summed E-state index contributed by atoms with van der Waals surface area (Å²) >= 11 is 0. The third-order valence-corrected chi connectivity index (χ3v) is 3.87. The Labute approximate surface area is 151 Å². The van der Waals surface area contributed by atoms with E-state index in [4.69, 9.17) is 5.73 Å². The number of unbranched alkanes of at least 4 members (excludes halogenated alkanes) is 1. The monoisotopic (exact) mass is 354 g/mol.